The number of hydrogen-bond donors (Lipinski definition) is 2. The highest BCUT2D eigenvalue weighted by Gasteiger charge is 2.21. The third-order valence-electron chi connectivity index (χ3n) is 3.19. The van der Waals surface area contributed by atoms with Gasteiger partial charge < -0.3 is 10.1 Å². The maximum atomic E-state index is 11.7. The second-order valence-corrected chi connectivity index (χ2v) is 5.11. The monoisotopic (exact) mass is 266 g/mol. The van der Waals surface area contributed by atoms with Gasteiger partial charge in [-0.3, -0.25) is 14.8 Å². The molecule has 0 aromatic carbocycles. The first-order chi connectivity index (χ1) is 9.15. The summed E-state index contributed by atoms with van der Waals surface area (Å²) in [6.45, 7) is 7.82. The van der Waals surface area contributed by atoms with Gasteiger partial charge in [0.25, 0.3) is 5.91 Å². The fourth-order valence-electron chi connectivity index (χ4n) is 2.45. The lowest BCUT2D eigenvalue weighted by Crippen LogP contribution is -2.46. The van der Waals surface area contributed by atoms with Crippen molar-refractivity contribution in [2.75, 3.05) is 26.2 Å². The average molecular weight is 266 g/mol. The van der Waals surface area contributed by atoms with Crippen LogP contribution in [0.3, 0.4) is 0 Å². The van der Waals surface area contributed by atoms with Gasteiger partial charge in [-0.05, 0) is 20.3 Å². The molecule has 6 nitrogen and oxygen atoms in total. The molecule has 0 aliphatic carbocycles. The molecule has 19 heavy (non-hydrogen) atoms. The van der Waals surface area contributed by atoms with Gasteiger partial charge in [0.1, 0.15) is 0 Å². The van der Waals surface area contributed by atoms with Crippen LogP contribution in [0.25, 0.3) is 0 Å². The molecule has 1 aliphatic rings. The van der Waals surface area contributed by atoms with Gasteiger partial charge in [0.15, 0.2) is 0 Å². The molecule has 1 aliphatic heterocycles. The number of morpholine rings is 1. The molecule has 2 unspecified atom stereocenters. The van der Waals surface area contributed by atoms with Crippen LogP contribution in [0.4, 0.5) is 0 Å². The standard InChI is InChI=1S/C13H22N4O2/c1-10-8-17(9-11(2)19-10)5-3-4-14-13(18)12-6-15-16-7-12/h6-7,10-11H,3-5,8-9H2,1-2H3,(H,14,18)(H,15,16). The Balaban J connectivity index is 1.63. The minimum atomic E-state index is -0.0718. The number of carbonyl (C=O) groups excluding carboxylic acids is 1. The maximum absolute atomic E-state index is 11.7. The third-order valence-corrected chi connectivity index (χ3v) is 3.19. The molecule has 106 valence electrons. The summed E-state index contributed by atoms with van der Waals surface area (Å²) in [6, 6.07) is 0. The van der Waals surface area contributed by atoms with E-state index in [9.17, 15) is 4.79 Å². The number of nitrogens with zero attached hydrogens (tertiary/aromatic N) is 2. The molecule has 0 bridgehead atoms. The van der Waals surface area contributed by atoms with E-state index >= 15 is 0 Å². The predicted molar refractivity (Wildman–Crippen MR) is 72.0 cm³/mol. The number of carbonyl (C=O) groups is 1. The van der Waals surface area contributed by atoms with Crippen molar-refractivity contribution in [3.63, 3.8) is 0 Å². The Morgan fingerprint density at radius 1 is 1.53 bits per heavy atom. The summed E-state index contributed by atoms with van der Waals surface area (Å²) in [5, 5.41) is 9.27. The van der Waals surface area contributed by atoms with Crippen molar-refractivity contribution in [2.24, 2.45) is 0 Å². The Morgan fingerprint density at radius 3 is 2.89 bits per heavy atom. The Bertz CT molecular complexity index is 383. The van der Waals surface area contributed by atoms with Crippen LogP contribution in [0.1, 0.15) is 30.6 Å². The first-order valence-electron chi connectivity index (χ1n) is 6.80. The number of nitrogens with one attached hydrogen (secondary N) is 2. The summed E-state index contributed by atoms with van der Waals surface area (Å²) in [5.41, 5.74) is 0.577. The van der Waals surface area contributed by atoms with Gasteiger partial charge >= 0.3 is 0 Å². The smallest absolute Gasteiger partial charge is 0.254 e. The number of amides is 1. The number of hydrogen-bond acceptors (Lipinski definition) is 4. The van der Waals surface area contributed by atoms with Gasteiger partial charge in [-0.2, -0.15) is 5.10 Å². The molecule has 0 radical (unpaired) electrons. The van der Waals surface area contributed by atoms with E-state index in [-0.39, 0.29) is 5.91 Å². The van der Waals surface area contributed by atoms with E-state index < -0.39 is 0 Å². The first kappa shape index (κ1) is 14.0. The molecule has 1 amide bonds. The SMILES string of the molecule is CC1CN(CCCNC(=O)c2cn[nH]c2)CC(C)O1. The van der Waals surface area contributed by atoms with E-state index in [1.54, 1.807) is 6.20 Å². The topological polar surface area (TPSA) is 70.2 Å². The Kier molecular flexibility index (Phi) is 4.93. The lowest BCUT2D eigenvalue weighted by atomic mass is 10.2. The Labute approximate surface area is 113 Å². The third kappa shape index (κ3) is 4.33. The van der Waals surface area contributed by atoms with E-state index in [4.69, 9.17) is 4.74 Å². The molecule has 6 heteroatoms. The lowest BCUT2D eigenvalue weighted by Gasteiger charge is -2.35. The van der Waals surface area contributed by atoms with Crippen molar-refractivity contribution < 1.29 is 9.53 Å². The minimum Gasteiger partial charge on any atom is -0.373 e. The van der Waals surface area contributed by atoms with Crippen LogP contribution in [-0.4, -0.2) is 59.4 Å². The van der Waals surface area contributed by atoms with Crippen LogP contribution in [0.15, 0.2) is 12.4 Å². The molecule has 2 rings (SSSR count). The van der Waals surface area contributed by atoms with Crippen molar-refractivity contribution in [1.29, 1.82) is 0 Å². The first-order valence-corrected chi connectivity index (χ1v) is 6.80. The van der Waals surface area contributed by atoms with E-state index in [0.29, 0.717) is 24.3 Å². The van der Waals surface area contributed by atoms with E-state index in [0.717, 1.165) is 26.1 Å². The van der Waals surface area contributed by atoms with Gasteiger partial charge in [-0.1, -0.05) is 0 Å². The van der Waals surface area contributed by atoms with Gasteiger partial charge in [0.05, 0.1) is 24.0 Å². The lowest BCUT2D eigenvalue weighted by molar-refractivity contribution is -0.0679. The predicted octanol–water partition coefficient (Wildman–Crippen LogP) is 0.639. The van der Waals surface area contributed by atoms with E-state index in [1.165, 1.54) is 6.20 Å². The Morgan fingerprint density at radius 2 is 2.26 bits per heavy atom. The van der Waals surface area contributed by atoms with Crippen LogP contribution in [0.2, 0.25) is 0 Å². The highest BCUT2D eigenvalue weighted by Crippen LogP contribution is 2.10. The summed E-state index contributed by atoms with van der Waals surface area (Å²) < 4.78 is 5.69. The number of aromatic amines is 1. The fraction of sp³-hybridized carbons (Fsp3) is 0.692. The molecule has 2 atom stereocenters. The van der Waals surface area contributed by atoms with Gasteiger partial charge in [-0.25, -0.2) is 0 Å². The maximum Gasteiger partial charge on any atom is 0.254 e. The number of aromatic nitrogens is 2. The average Bonchev–Trinajstić information content (AvgIpc) is 2.87. The minimum absolute atomic E-state index is 0.0718. The van der Waals surface area contributed by atoms with E-state index in [2.05, 4.69) is 34.3 Å². The Hall–Kier alpha value is -1.40. The zero-order valence-corrected chi connectivity index (χ0v) is 11.6. The zero-order chi connectivity index (χ0) is 13.7. The quantitative estimate of drug-likeness (QED) is 0.767. The van der Waals surface area contributed by atoms with Crippen LogP contribution < -0.4 is 5.32 Å². The van der Waals surface area contributed by atoms with Gasteiger partial charge in [0, 0.05) is 32.4 Å². The van der Waals surface area contributed by atoms with Crippen molar-refractivity contribution in [3.05, 3.63) is 18.0 Å². The zero-order valence-electron chi connectivity index (χ0n) is 11.6. The molecule has 2 N–H and O–H groups in total. The number of H-pyrrole nitrogens is 1. The summed E-state index contributed by atoms with van der Waals surface area (Å²) in [5.74, 6) is -0.0718. The van der Waals surface area contributed by atoms with Crippen LogP contribution in [0.5, 0.6) is 0 Å². The largest absolute Gasteiger partial charge is 0.373 e. The van der Waals surface area contributed by atoms with Crippen LogP contribution in [0, 0.1) is 0 Å². The summed E-state index contributed by atoms with van der Waals surface area (Å²) in [4.78, 5) is 14.0. The van der Waals surface area contributed by atoms with Gasteiger partial charge in [0.2, 0.25) is 0 Å². The van der Waals surface area contributed by atoms with Crippen molar-refractivity contribution in [2.45, 2.75) is 32.5 Å². The molecule has 2 heterocycles. The molecular weight excluding hydrogens is 244 g/mol. The van der Waals surface area contributed by atoms with Crippen LogP contribution >= 0.6 is 0 Å². The molecule has 0 spiro atoms. The second kappa shape index (κ2) is 6.68. The molecule has 1 saturated heterocycles. The van der Waals surface area contributed by atoms with Crippen molar-refractivity contribution in [1.82, 2.24) is 20.4 Å². The van der Waals surface area contributed by atoms with Crippen molar-refractivity contribution >= 4 is 5.91 Å². The summed E-state index contributed by atoms with van der Waals surface area (Å²) in [7, 11) is 0. The number of ether oxygens (including phenoxy) is 1. The van der Waals surface area contributed by atoms with E-state index in [1.807, 2.05) is 0 Å². The van der Waals surface area contributed by atoms with Crippen LogP contribution in [-0.2, 0) is 4.74 Å². The van der Waals surface area contributed by atoms with Gasteiger partial charge in [-0.15, -0.1) is 0 Å². The summed E-state index contributed by atoms with van der Waals surface area (Å²) in [6.07, 6.45) is 4.67. The summed E-state index contributed by atoms with van der Waals surface area (Å²) >= 11 is 0. The molecule has 1 aromatic heterocycles. The highest BCUT2D eigenvalue weighted by molar-refractivity contribution is 5.93. The van der Waals surface area contributed by atoms with Crippen molar-refractivity contribution in [3.8, 4) is 0 Å². The number of rotatable bonds is 5. The molecule has 1 aromatic rings. The molecule has 1 fully saturated rings. The normalized spacial score (nSPS) is 24.3. The fourth-order valence-corrected chi connectivity index (χ4v) is 2.45. The highest BCUT2D eigenvalue weighted by atomic mass is 16.5. The second-order valence-electron chi connectivity index (χ2n) is 5.11. The molecular formula is C13H22N4O2. The molecule has 0 saturated carbocycles.